The van der Waals surface area contributed by atoms with E-state index in [2.05, 4.69) is 28.1 Å². The van der Waals surface area contributed by atoms with E-state index in [1.165, 1.54) is 0 Å². The zero-order chi connectivity index (χ0) is 14.8. The van der Waals surface area contributed by atoms with Crippen LogP contribution in [0.4, 0.5) is 0 Å². The SMILES string of the molecule is Cc1cc(Cl)cc(C(Br)c2ccc3c(c2)OCCCO3)c1. The van der Waals surface area contributed by atoms with Crippen LogP contribution in [-0.4, -0.2) is 13.2 Å². The van der Waals surface area contributed by atoms with E-state index in [1.807, 2.05) is 31.2 Å². The van der Waals surface area contributed by atoms with E-state index >= 15 is 0 Å². The van der Waals surface area contributed by atoms with Crippen molar-refractivity contribution in [1.82, 2.24) is 0 Å². The van der Waals surface area contributed by atoms with E-state index in [9.17, 15) is 0 Å². The van der Waals surface area contributed by atoms with Gasteiger partial charge in [0, 0.05) is 11.4 Å². The number of alkyl halides is 1. The minimum Gasteiger partial charge on any atom is -0.490 e. The van der Waals surface area contributed by atoms with Crippen LogP contribution in [0.15, 0.2) is 36.4 Å². The van der Waals surface area contributed by atoms with Crippen molar-refractivity contribution in [3.05, 3.63) is 58.1 Å². The smallest absolute Gasteiger partial charge is 0.161 e. The van der Waals surface area contributed by atoms with Crippen molar-refractivity contribution in [2.24, 2.45) is 0 Å². The van der Waals surface area contributed by atoms with Crippen LogP contribution in [0.5, 0.6) is 11.5 Å². The highest BCUT2D eigenvalue weighted by Gasteiger charge is 2.16. The van der Waals surface area contributed by atoms with Crippen LogP contribution in [0, 0.1) is 6.92 Å². The lowest BCUT2D eigenvalue weighted by molar-refractivity contribution is 0.297. The first-order valence-corrected chi connectivity index (χ1v) is 8.23. The number of fused-ring (bicyclic) bond motifs is 1. The summed E-state index contributed by atoms with van der Waals surface area (Å²) in [6.07, 6.45) is 0.912. The summed E-state index contributed by atoms with van der Waals surface area (Å²) in [5.41, 5.74) is 3.41. The summed E-state index contributed by atoms with van der Waals surface area (Å²) in [4.78, 5) is 0.0760. The Labute approximate surface area is 138 Å². The summed E-state index contributed by atoms with van der Waals surface area (Å²) in [6, 6.07) is 12.1. The van der Waals surface area contributed by atoms with Gasteiger partial charge in [-0.2, -0.15) is 0 Å². The fraction of sp³-hybridized carbons (Fsp3) is 0.294. The Balaban J connectivity index is 1.94. The molecule has 1 aliphatic heterocycles. The van der Waals surface area contributed by atoms with Crippen LogP contribution in [0.25, 0.3) is 0 Å². The Morgan fingerprint density at radius 1 is 1.00 bits per heavy atom. The average Bonchev–Trinajstić information content (AvgIpc) is 2.69. The van der Waals surface area contributed by atoms with Gasteiger partial charge in [0.15, 0.2) is 11.5 Å². The standard InChI is InChI=1S/C17H16BrClO2/c1-11-7-13(9-14(19)8-11)17(18)12-3-4-15-16(10-12)21-6-2-5-20-15/h3-4,7-10,17H,2,5-6H2,1H3. The van der Waals surface area contributed by atoms with Crippen LogP contribution in [0.2, 0.25) is 5.02 Å². The molecule has 3 rings (SSSR count). The highest BCUT2D eigenvalue weighted by molar-refractivity contribution is 9.09. The third kappa shape index (κ3) is 3.35. The Morgan fingerprint density at radius 3 is 2.52 bits per heavy atom. The topological polar surface area (TPSA) is 18.5 Å². The van der Waals surface area contributed by atoms with E-state index in [0.717, 1.165) is 39.6 Å². The lowest BCUT2D eigenvalue weighted by Gasteiger charge is -2.15. The zero-order valence-corrected chi connectivity index (χ0v) is 14.1. The second kappa shape index (κ2) is 6.29. The predicted molar refractivity (Wildman–Crippen MR) is 89.0 cm³/mol. The Bertz CT molecular complexity index is 637. The monoisotopic (exact) mass is 366 g/mol. The molecule has 1 heterocycles. The van der Waals surface area contributed by atoms with E-state index in [0.29, 0.717) is 13.2 Å². The fourth-order valence-corrected chi connectivity index (χ4v) is 3.29. The summed E-state index contributed by atoms with van der Waals surface area (Å²) in [7, 11) is 0. The first-order valence-electron chi connectivity index (χ1n) is 6.94. The lowest BCUT2D eigenvalue weighted by atomic mass is 10.0. The Hall–Kier alpha value is -1.19. The van der Waals surface area contributed by atoms with E-state index in [1.54, 1.807) is 0 Å². The van der Waals surface area contributed by atoms with Crippen molar-refractivity contribution < 1.29 is 9.47 Å². The highest BCUT2D eigenvalue weighted by Crippen LogP contribution is 2.38. The molecule has 0 spiro atoms. The maximum absolute atomic E-state index is 6.15. The van der Waals surface area contributed by atoms with Gasteiger partial charge in [-0.25, -0.2) is 0 Å². The fourth-order valence-electron chi connectivity index (χ4n) is 2.44. The molecule has 1 unspecified atom stereocenters. The van der Waals surface area contributed by atoms with Gasteiger partial charge >= 0.3 is 0 Å². The van der Waals surface area contributed by atoms with Crippen molar-refractivity contribution in [3.8, 4) is 11.5 Å². The third-order valence-electron chi connectivity index (χ3n) is 3.42. The average molecular weight is 368 g/mol. The predicted octanol–water partition coefficient (Wildman–Crippen LogP) is 5.29. The van der Waals surface area contributed by atoms with Gasteiger partial charge in [0.1, 0.15) is 0 Å². The summed E-state index contributed by atoms with van der Waals surface area (Å²) < 4.78 is 11.4. The number of halogens is 2. The maximum Gasteiger partial charge on any atom is 0.161 e. The van der Waals surface area contributed by atoms with Crippen molar-refractivity contribution in [2.45, 2.75) is 18.2 Å². The molecule has 2 aromatic rings. The van der Waals surface area contributed by atoms with E-state index in [-0.39, 0.29) is 4.83 Å². The minimum atomic E-state index is 0.0760. The van der Waals surface area contributed by atoms with Gasteiger partial charge in [-0.1, -0.05) is 39.7 Å². The number of benzene rings is 2. The van der Waals surface area contributed by atoms with Crippen LogP contribution in [0.1, 0.15) is 27.9 Å². The molecular weight excluding hydrogens is 352 g/mol. The molecule has 0 N–H and O–H groups in total. The molecule has 0 saturated heterocycles. The van der Waals surface area contributed by atoms with Crippen molar-refractivity contribution in [2.75, 3.05) is 13.2 Å². The summed E-state index contributed by atoms with van der Waals surface area (Å²) in [5.74, 6) is 1.63. The molecule has 0 radical (unpaired) electrons. The molecule has 1 atom stereocenters. The van der Waals surface area contributed by atoms with Gasteiger partial charge in [0.25, 0.3) is 0 Å². The summed E-state index contributed by atoms with van der Waals surface area (Å²) in [6.45, 7) is 3.44. The Kier molecular flexibility index (Phi) is 4.41. The Morgan fingerprint density at radius 2 is 1.76 bits per heavy atom. The van der Waals surface area contributed by atoms with Crippen LogP contribution < -0.4 is 9.47 Å². The second-order valence-electron chi connectivity index (χ2n) is 5.18. The molecule has 2 nitrogen and oxygen atoms in total. The number of rotatable bonds is 2. The van der Waals surface area contributed by atoms with Gasteiger partial charge in [0.05, 0.1) is 18.0 Å². The first kappa shape index (κ1) is 14.7. The van der Waals surface area contributed by atoms with E-state index < -0.39 is 0 Å². The quantitative estimate of drug-likeness (QED) is 0.671. The normalized spacial score (nSPS) is 15.4. The van der Waals surface area contributed by atoms with Crippen LogP contribution in [0.3, 0.4) is 0 Å². The molecular formula is C17H16BrClO2. The van der Waals surface area contributed by atoms with Gasteiger partial charge in [-0.05, 0) is 47.9 Å². The molecule has 0 aromatic heterocycles. The minimum absolute atomic E-state index is 0.0760. The summed E-state index contributed by atoms with van der Waals surface area (Å²) in [5, 5.41) is 0.754. The molecule has 0 aliphatic carbocycles. The number of aryl methyl sites for hydroxylation is 1. The molecule has 0 bridgehead atoms. The van der Waals surface area contributed by atoms with Gasteiger partial charge in [-0.15, -0.1) is 0 Å². The molecule has 110 valence electrons. The van der Waals surface area contributed by atoms with Crippen molar-refractivity contribution in [3.63, 3.8) is 0 Å². The number of hydrogen-bond donors (Lipinski definition) is 0. The molecule has 0 fully saturated rings. The summed E-state index contributed by atoms with van der Waals surface area (Å²) >= 11 is 9.91. The molecule has 0 amide bonds. The molecule has 2 aromatic carbocycles. The van der Waals surface area contributed by atoms with Gasteiger partial charge in [-0.3, -0.25) is 0 Å². The zero-order valence-electron chi connectivity index (χ0n) is 11.7. The second-order valence-corrected chi connectivity index (χ2v) is 6.53. The van der Waals surface area contributed by atoms with Gasteiger partial charge < -0.3 is 9.47 Å². The largest absolute Gasteiger partial charge is 0.490 e. The van der Waals surface area contributed by atoms with Crippen LogP contribution >= 0.6 is 27.5 Å². The first-order chi connectivity index (χ1) is 10.1. The number of ether oxygens (including phenoxy) is 2. The third-order valence-corrected chi connectivity index (χ3v) is 4.70. The van der Waals surface area contributed by atoms with Crippen LogP contribution in [-0.2, 0) is 0 Å². The molecule has 1 aliphatic rings. The van der Waals surface area contributed by atoms with Crippen molar-refractivity contribution in [1.29, 1.82) is 0 Å². The number of hydrogen-bond acceptors (Lipinski definition) is 2. The van der Waals surface area contributed by atoms with Gasteiger partial charge in [0.2, 0.25) is 0 Å². The molecule has 4 heteroatoms. The maximum atomic E-state index is 6.15. The lowest BCUT2D eigenvalue weighted by Crippen LogP contribution is -1.97. The van der Waals surface area contributed by atoms with E-state index in [4.69, 9.17) is 21.1 Å². The van der Waals surface area contributed by atoms with Crippen molar-refractivity contribution >= 4 is 27.5 Å². The molecule has 21 heavy (non-hydrogen) atoms. The highest BCUT2D eigenvalue weighted by atomic mass is 79.9. The molecule has 0 saturated carbocycles.